The summed E-state index contributed by atoms with van der Waals surface area (Å²) in [7, 11) is 0. The highest BCUT2D eigenvalue weighted by Gasteiger charge is 2.43. The van der Waals surface area contributed by atoms with Crippen molar-refractivity contribution in [3.63, 3.8) is 0 Å². The number of amides is 1. The fourth-order valence-electron chi connectivity index (χ4n) is 2.86. The van der Waals surface area contributed by atoms with Crippen molar-refractivity contribution in [2.45, 2.75) is 31.5 Å². The topological polar surface area (TPSA) is 66.8 Å². The molecule has 6 heteroatoms. The quantitative estimate of drug-likeness (QED) is 0.928. The summed E-state index contributed by atoms with van der Waals surface area (Å²) in [5.74, 6) is -0.985. The maximum Gasteiger partial charge on any atom is 0.411 e. The number of carbonyl (C=O) groups is 2. The second kappa shape index (κ2) is 6.83. The van der Waals surface area contributed by atoms with Gasteiger partial charge in [0, 0.05) is 4.88 Å². The second-order valence-corrected chi connectivity index (χ2v) is 6.39. The van der Waals surface area contributed by atoms with Gasteiger partial charge >= 0.3 is 12.1 Å². The predicted molar refractivity (Wildman–Crippen MR) is 86.2 cm³/mol. The fraction of sp³-hybridized carbons (Fsp3) is 0.294. The zero-order valence-corrected chi connectivity index (χ0v) is 13.2. The van der Waals surface area contributed by atoms with Gasteiger partial charge in [0.1, 0.15) is 12.6 Å². The van der Waals surface area contributed by atoms with E-state index in [2.05, 4.69) is 0 Å². The fourth-order valence-corrected chi connectivity index (χ4v) is 3.72. The van der Waals surface area contributed by atoms with Crippen LogP contribution in [0.1, 0.15) is 29.3 Å². The molecule has 2 atom stereocenters. The van der Waals surface area contributed by atoms with Crippen LogP contribution in [-0.2, 0) is 16.1 Å². The van der Waals surface area contributed by atoms with Gasteiger partial charge in [-0.15, -0.1) is 11.3 Å². The summed E-state index contributed by atoms with van der Waals surface area (Å²) in [4.78, 5) is 26.3. The van der Waals surface area contributed by atoms with E-state index < -0.39 is 18.1 Å². The third kappa shape index (κ3) is 3.37. The molecule has 0 saturated carbocycles. The summed E-state index contributed by atoms with van der Waals surface area (Å²) in [6.45, 7) is 0.139. The van der Waals surface area contributed by atoms with Crippen molar-refractivity contribution in [2.75, 3.05) is 0 Å². The van der Waals surface area contributed by atoms with E-state index in [1.807, 2.05) is 47.8 Å². The van der Waals surface area contributed by atoms with E-state index in [1.54, 1.807) is 0 Å². The largest absolute Gasteiger partial charge is 0.480 e. The number of likely N-dealkylation sites (tertiary alicyclic amines) is 1. The number of carboxylic acid groups (broad SMARTS) is 1. The summed E-state index contributed by atoms with van der Waals surface area (Å²) < 4.78 is 5.35. The van der Waals surface area contributed by atoms with Crippen molar-refractivity contribution in [2.24, 2.45) is 0 Å². The maximum absolute atomic E-state index is 12.5. The first kappa shape index (κ1) is 15.6. The van der Waals surface area contributed by atoms with Gasteiger partial charge in [0.05, 0.1) is 6.04 Å². The molecular weight excluding hydrogens is 314 g/mol. The van der Waals surface area contributed by atoms with Gasteiger partial charge in [-0.3, -0.25) is 4.90 Å². The minimum absolute atomic E-state index is 0.139. The van der Waals surface area contributed by atoms with E-state index in [4.69, 9.17) is 4.74 Å². The van der Waals surface area contributed by atoms with E-state index in [-0.39, 0.29) is 12.6 Å². The van der Waals surface area contributed by atoms with E-state index >= 15 is 0 Å². The van der Waals surface area contributed by atoms with Crippen LogP contribution in [0.4, 0.5) is 4.79 Å². The molecule has 1 aromatic carbocycles. The Kier molecular flexibility index (Phi) is 4.62. The molecule has 120 valence electrons. The summed E-state index contributed by atoms with van der Waals surface area (Å²) in [5, 5.41) is 11.3. The Balaban J connectivity index is 1.74. The highest BCUT2D eigenvalue weighted by molar-refractivity contribution is 7.10. The molecule has 0 unspecified atom stereocenters. The van der Waals surface area contributed by atoms with Crippen LogP contribution in [0, 0.1) is 0 Å². The van der Waals surface area contributed by atoms with Gasteiger partial charge in [-0.2, -0.15) is 0 Å². The van der Waals surface area contributed by atoms with Gasteiger partial charge < -0.3 is 9.84 Å². The minimum Gasteiger partial charge on any atom is -0.480 e. The zero-order chi connectivity index (χ0) is 16.2. The number of carbonyl (C=O) groups excluding carboxylic acids is 1. The SMILES string of the molecule is O=C(O)[C@@H]1CC[C@@H](c2cccs2)N1C(=O)OCc1ccccc1. The first-order chi connectivity index (χ1) is 11.2. The van der Waals surface area contributed by atoms with Crippen LogP contribution in [0.5, 0.6) is 0 Å². The first-order valence-corrected chi connectivity index (χ1v) is 8.30. The number of thiophene rings is 1. The molecule has 0 aliphatic carbocycles. The van der Waals surface area contributed by atoms with E-state index in [0.717, 1.165) is 10.4 Å². The molecule has 1 aliphatic rings. The molecule has 0 radical (unpaired) electrons. The van der Waals surface area contributed by atoms with Gasteiger partial charge in [-0.05, 0) is 29.9 Å². The van der Waals surface area contributed by atoms with Crippen molar-refractivity contribution in [1.29, 1.82) is 0 Å². The predicted octanol–water partition coefficient (Wildman–Crippen LogP) is 3.68. The number of hydrogen-bond donors (Lipinski definition) is 1. The normalized spacial score (nSPS) is 20.4. The molecule has 2 aromatic rings. The molecule has 1 amide bonds. The average Bonchev–Trinajstić information content (AvgIpc) is 3.22. The molecule has 3 rings (SSSR count). The second-order valence-electron chi connectivity index (χ2n) is 5.41. The van der Waals surface area contributed by atoms with Crippen molar-refractivity contribution in [1.82, 2.24) is 4.90 Å². The third-order valence-corrected chi connectivity index (χ3v) is 4.93. The molecule has 0 bridgehead atoms. The Morgan fingerprint density at radius 3 is 2.61 bits per heavy atom. The van der Waals surface area contributed by atoms with Crippen LogP contribution < -0.4 is 0 Å². The average molecular weight is 331 g/mol. The lowest BCUT2D eigenvalue weighted by Gasteiger charge is -2.26. The molecule has 1 fully saturated rings. The number of ether oxygens (including phenoxy) is 1. The van der Waals surface area contributed by atoms with Crippen LogP contribution in [0.3, 0.4) is 0 Å². The van der Waals surface area contributed by atoms with Crippen LogP contribution in [0.25, 0.3) is 0 Å². The first-order valence-electron chi connectivity index (χ1n) is 7.42. The standard InChI is InChI=1S/C17H17NO4S/c19-16(20)14-9-8-13(15-7-4-10-23-15)18(14)17(21)22-11-12-5-2-1-3-6-12/h1-7,10,13-14H,8-9,11H2,(H,19,20)/t13-,14-/m0/s1. The minimum atomic E-state index is -0.985. The molecular formula is C17H17NO4S. The lowest BCUT2D eigenvalue weighted by atomic mass is 10.2. The van der Waals surface area contributed by atoms with Crippen LogP contribution >= 0.6 is 11.3 Å². The number of benzene rings is 1. The Morgan fingerprint density at radius 1 is 1.17 bits per heavy atom. The third-order valence-electron chi connectivity index (χ3n) is 3.96. The zero-order valence-electron chi connectivity index (χ0n) is 12.4. The molecule has 1 aromatic heterocycles. The molecule has 2 heterocycles. The Hall–Kier alpha value is -2.34. The van der Waals surface area contributed by atoms with Gasteiger partial charge in [0.25, 0.3) is 0 Å². The summed E-state index contributed by atoms with van der Waals surface area (Å²) in [6, 6.07) is 12.1. The van der Waals surface area contributed by atoms with Crippen LogP contribution in [0.2, 0.25) is 0 Å². The van der Waals surface area contributed by atoms with E-state index in [1.165, 1.54) is 16.2 Å². The molecule has 0 spiro atoms. The van der Waals surface area contributed by atoms with Crippen molar-refractivity contribution in [3.8, 4) is 0 Å². The van der Waals surface area contributed by atoms with Crippen molar-refractivity contribution in [3.05, 3.63) is 58.3 Å². The Labute approximate surface area is 138 Å². The molecule has 1 aliphatic heterocycles. The van der Waals surface area contributed by atoms with Gasteiger partial charge in [-0.1, -0.05) is 36.4 Å². The summed E-state index contributed by atoms with van der Waals surface area (Å²) in [5.41, 5.74) is 0.875. The lowest BCUT2D eigenvalue weighted by molar-refractivity contribution is -0.142. The van der Waals surface area contributed by atoms with Crippen molar-refractivity contribution < 1.29 is 19.4 Å². The molecule has 1 saturated heterocycles. The van der Waals surface area contributed by atoms with Gasteiger partial charge in [-0.25, -0.2) is 9.59 Å². The Morgan fingerprint density at radius 2 is 1.96 bits per heavy atom. The lowest BCUT2D eigenvalue weighted by Crippen LogP contribution is -2.41. The van der Waals surface area contributed by atoms with Gasteiger partial charge in [0.15, 0.2) is 0 Å². The van der Waals surface area contributed by atoms with Gasteiger partial charge in [0.2, 0.25) is 0 Å². The smallest absolute Gasteiger partial charge is 0.411 e. The maximum atomic E-state index is 12.5. The number of carboxylic acids is 1. The highest BCUT2D eigenvalue weighted by Crippen LogP contribution is 2.38. The van der Waals surface area contributed by atoms with Crippen LogP contribution in [-0.4, -0.2) is 28.1 Å². The molecule has 23 heavy (non-hydrogen) atoms. The number of rotatable bonds is 4. The van der Waals surface area contributed by atoms with E-state index in [9.17, 15) is 14.7 Å². The molecule has 1 N–H and O–H groups in total. The molecule has 5 nitrogen and oxygen atoms in total. The van der Waals surface area contributed by atoms with Crippen molar-refractivity contribution >= 4 is 23.4 Å². The Bertz CT molecular complexity index is 671. The van der Waals surface area contributed by atoms with E-state index in [0.29, 0.717) is 12.8 Å². The monoisotopic (exact) mass is 331 g/mol. The number of nitrogens with zero attached hydrogens (tertiary/aromatic N) is 1. The summed E-state index contributed by atoms with van der Waals surface area (Å²) in [6.07, 6.45) is 0.508. The number of aliphatic carboxylic acids is 1. The highest BCUT2D eigenvalue weighted by atomic mass is 32.1. The number of hydrogen-bond acceptors (Lipinski definition) is 4. The van der Waals surface area contributed by atoms with Crippen LogP contribution in [0.15, 0.2) is 47.8 Å². The summed E-state index contributed by atoms with van der Waals surface area (Å²) >= 11 is 1.53.